The van der Waals surface area contributed by atoms with Gasteiger partial charge in [0.25, 0.3) is 0 Å². The van der Waals surface area contributed by atoms with Gasteiger partial charge in [0.2, 0.25) is 0 Å². The number of benzene rings is 7. The van der Waals surface area contributed by atoms with Gasteiger partial charge >= 0.3 is 0 Å². The van der Waals surface area contributed by atoms with Crippen molar-refractivity contribution in [2.24, 2.45) is 0 Å². The number of hydrogen-bond donors (Lipinski definition) is 0. The topological polar surface area (TPSA) is 65.0 Å². The summed E-state index contributed by atoms with van der Waals surface area (Å²) in [4.78, 5) is 14.4. The summed E-state index contributed by atoms with van der Waals surface area (Å²) in [5.74, 6) is 0.231. The monoisotopic (exact) mass is 652 g/mol. The van der Waals surface area contributed by atoms with Crippen LogP contribution in [0.5, 0.6) is 0 Å². The van der Waals surface area contributed by atoms with Gasteiger partial charge in [0.1, 0.15) is 22.3 Å². The highest BCUT2D eigenvalue weighted by Crippen LogP contribution is 2.38. The Bertz CT molecular complexity index is 3470. The molecule has 0 saturated carbocycles. The fourth-order valence-electron chi connectivity index (χ4n) is 6.14. The minimum atomic E-state index is -0.685. The van der Waals surface area contributed by atoms with Gasteiger partial charge in [-0.1, -0.05) is 127 Å². The van der Waals surface area contributed by atoms with Crippen molar-refractivity contribution in [3.05, 3.63) is 164 Å². The van der Waals surface area contributed by atoms with E-state index in [2.05, 4.69) is 0 Å². The average Bonchev–Trinajstić information content (AvgIpc) is 3.87. The fraction of sp³-hybridized carbons (Fsp3) is 0. The lowest BCUT2D eigenvalue weighted by atomic mass is 10.0. The number of rotatable bonds is 5. The van der Waals surface area contributed by atoms with Gasteiger partial charge in [-0.05, 0) is 53.0 Å². The highest BCUT2D eigenvalue weighted by atomic mass is 16.3. The Hall–Kier alpha value is -6.85. The van der Waals surface area contributed by atoms with E-state index in [1.807, 2.05) is 91.0 Å². The van der Waals surface area contributed by atoms with E-state index in [9.17, 15) is 2.74 Å². The first-order chi connectivity index (χ1) is 29.3. The molecule has 0 radical (unpaired) electrons. The molecule has 50 heavy (non-hydrogen) atoms. The van der Waals surface area contributed by atoms with Crippen LogP contribution < -0.4 is 0 Å². The van der Waals surface area contributed by atoms with Crippen molar-refractivity contribution in [2.45, 2.75) is 0 Å². The molecule has 10 aromatic rings. The first-order valence-corrected chi connectivity index (χ1v) is 15.7. The zero-order valence-corrected chi connectivity index (χ0v) is 25.9. The van der Waals surface area contributed by atoms with Crippen molar-refractivity contribution in [1.82, 2.24) is 15.0 Å². The Morgan fingerprint density at radius 1 is 0.400 bits per heavy atom. The third-order valence-corrected chi connectivity index (χ3v) is 8.56. The van der Waals surface area contributed by atoms with Gasteiger partial charge in [-0.25, -0.2) is 15.0 Å². The zero-order chi connectivity index (χ0) is 42.6. The molecule has 0 saturated heterocycles. The molecule has 3 heterocycles. The Kier molecular flexibility index (Phi) is 4.38. The summed E-state index contributed by atoms with van der Waals surface area (Å²) in [7, 11) is 0. The van der Waals surface area contributed by atoms with Gasteiger partial charge in [0.15, 0.2) is 17.5 Å². The van der Waals surface area contributed by atoms with Crippen LogP contribution in [0.15, 0.2) is 172 Å². The normalized spacial score (nSPS) is 14.7. The van der Waals surface area contributed by atoms with Gasteiger partial charge in [0, 0.05) is 43.8 Å². The van der Waals surface area contributed by atoms with Crippen LogP contribution in [-0.4, -0.2) is 15.0 Å². The maximum atomic E-state index is 9.60. The minimum absolute atomic E-state index is 0.142. The first kappa shape index (κ1) is 19.2. The molecule has 0 amide bonds. The number of para-hydroxylation sites is 2. The van der Waals surface area contributed by atoms with E-state index in [1.54, 1.807) is 6.07 Å². The number of fused-ring (bicyclic) bond motifs is 6. The third-order valence-electron chi connectivity index (χ3n) is 8.56. The highest BCUT2D eigenvalue weighted by molar-refractivity contribution is 6.10. The van der Waals surface area contributed by atoms with Crippen LogP contribution in [0.2, 0.25) is 0 Å². The van der Waals surface area contributed by atoms with Crippen LogP contribution in [0.3, 0.4) is 0 Å². The van der Waals surface area contributed by atoms with Crippen LogP contribution in [0.25, 0.3) is 100 Å². The average molecular weight is 653 g/mol. The number of nitrogens with zero attached hydrogens (tertiary/aromatic N) is 3. The zero-order valence-electron chi connectivity index (χ0n) is 36.9. The molecule has 5 heteroatoms. The van der Waals surface area contributed by atoms with Crippen LogP contribution in [-0.2, 0) is 0 Å². The second kappa shape index (κ2) is 11.4. The molecule has 3 aromatic heterocycles. The molecule has 0 aliphatic carbocycles. The minimum Gasteiger partial charge on any atom is -0.456 e. The fourth-order valence-corrected chi connectivity index (χ4v) is 6.14. The first-order valence-electron chi connectivity index (χ1n) is 21.2. The van der Waals surface area contributed by atoms with E-state index in [0.29, 0.717) is 22.3 Å². The molecule has 0 aliphatic rings. The van der Waals surface area contributed by atoms with Crippen molar-refractivity contribution in [2.75, 3.05) is 0 Å². The molecule has 7 aromatic carbocycles. The van der Waals surface area contributed by atoms with Crippen LogP contribution in [0.1, 0.15) is 15.1 Å². The molecule has 0 atom stereocenters. The standard InChI is InChI=1S/C45H27N3O2/c1-3-10-28(11-4-1)29-18-20-31(21-19-29)43-46-44(48-45(47-43)33-22-24-36-35-14-7-8-17-39(35)49-41(36)27-33)32-23-25-40-38(26-32)37-16-9-15-34(42(37)50-40)30-12-5-2-6-13-30/h1-27H/i2D,5D,6D,9D,12D,13D,15D,16D,23D,25D,26D. The van der Waals surface area contributed by atoms with E-state index in [-0.39, 0.29) is 50.5 Å². The molecule has 0 aliphatic heterocycles. The van der Waals surface area contributed by atoms with Crippen molar-refractivity contribution in [3.63, 3.8) is 0 Å². The second-order valence-corrected chi connectivity index (χ2v) is 11.6. The summed E-state index contributed by atoms with van der Waals surface area (Å²) < 4.78 is 109. The van der Waals surface area contributed by atoms with E-state index >= 15 is 0 Å². The molecular weight excluding hydrogens is 615 g/mol. The summed E-state index contributed by atoms with van der Waals surface area (Å²) in [5, 5.41) is 1.43. The van der Waals surface area contributed by atoms with Crippen molar-refractivity contribution in [1.29, 1.82) is 0 Å². The molecule has 0 fully saturated rings. The summed E-state index contributed by atoms with van der Waals surface area (Å²) in [5.41, 5.74) is 2.66. The van der Waals surface area contributed by atoms with Crippen LogP contribution in [0.4, 0.5) is 0 Å². The smallest absolute Gasteiger partial charge is 0.164 e. The highest BCUT2D eigenvalue weighted by Gasteiger charge is 2.17. The summed E-state index contributed by atoms with van der Waals surface area (Å²) in [6.45, 7) is 0. The molecule has 234 valence electrons. The Morgan fingerprint density at radius 2 is 1.08 bits per heavy atom. The van der Waals surface area contributed by atoms with Crippen molar-refractivity contribution in [3.8, 4) is 56.4 Å². The quantitative estimate of drug-likeness (QED) is 0.185. The van der Waals surface area contributed by atoms with Crippen LogP contribution in [0, 0.1) is 0 Å². The number of hydrogen-bond acceptors (Lipinski definition) is 5. The molecule has 0 bridgehead atoms. The predicted molar refractivity (Wildman–Crippen MR) is 202 cm³/mol. The third kappa shape index (κ3) is 4.75. The molecular formula is C45H27N3O2. The number of furan rings is 2. The maximum Gasteiger partial charge on any atom is 0.164 e. The SMILES string of the molecule is [2H]c1c([2H])c([2H])c(-c2c([2H])c([2H])c([2H])c3c2oc2c([2H])c([2H])c(-c4nc(-c5ccc(-c6ccccc6)cc5)nc(-c5ccc6c(c5)oc5ccccc56)n4)c([2H])c23)c([2H])c1[2H]. The molecule has 0 unspecified atom stereocenters. The van der Waals surface area contributed by atoms with Gasteiger partial charge < -0.3 is 8.83 Å². The van der Waals surface area contributed by atoms with Gasteiger partial charge in [-0.2, -0.15) is 0 Å². The lowest BCUT2D eigenvalue weighted by Gasteiger charge is -2.09. The van der Waals surface area contributed by atoms with Crippen molar-refractivity contribution >= 4 is 43.9 Å². The molecule has 0 N–H and O–H groups in total. The Labute approximate surface area is 302 Å². The van der Waals surface area contributed by atoms with Gasteiger partial charge in [-0.3, -0.25) is 0 Å². The predicted octanol–water partition coefficient (Wildman–Crippen LogP) is 12.0. The summed E-state index contributed by atoms with van der Waals surface area (Å²) in [6, 6.07) is 23.8. The maximum absolute atomic E-state index is 9.60. The van der Waals surface area contributed by atoms with E-state index in [4.69, 9.17) is 36.1 Å². The summed E-state index contributed by atoms with van der Waals surface area (Å²) in [6.07, 6.45) is 0. The molecule has 10 rings (SSSR count). The molecule has 0 spiro atoms. The molecule has 5 nitrogen and oxygen atoms in total. The van der Waals surface area contributed by atoms with E-state index in [0.717, 1.165) is 21.9 Å². The second-order valence-electron chi connectivity index (χ2n) is 11.6. The largest absolute Gasteiger partial charge is 0.456 e. The van der Waals surface area contributed by atoms with Gasteiger partial charge in [0.05, 0.1) is 15.1 Å². The van der Waals surface area contributed by atoms with Crippen LogP contribution >= 0.6 is 0 Å². The summed E-state index contributed by atoms with van der Waals surface area (Å²) >= 11 is 0. The van der Waals surface area contributed by atoms with Crippen molar-refractivity contribution < 1.29 is 23.9 Å². The lowest BCUT2D eigenvalue weighted by molar-refractivity contribution is 0.669. The Morgan fingerprint density at radius 3 is 1.92 bits per heavy atom. The van der Waals surface area contributed by atoms with E-state index < -0.39 is 72.0 Å². The van der Waals surface area contributed by atoms with Gasteiger partial charge in [-0.15, -0.1) is 0 Å². The Balaban J connectivity index is 1.24. The van der Waals surface area contributed by atoms with E-state index in [1.165, 1.54) is 0 Å². The lowest BCUT2D eigenvalue weighted by Crippen LogP contribution is -2.00. The number of aromatic nitrogens is 3.